The molecular formula is C19H22N4O3S. The average molecular weight is 386 g/mol. The monoisotopic (exact) mass is 386 g/mol. The van der Waals surface area contributed by atoms with Crippen molar-refractivity contribution in [3.05, 3.63) is 49.8 Å². The van der Waals surface area contributed by atoms with Gasteiger partial charge in [-0.25, -0.2) is 4.98 Å². The molecule has 7 nitrogen and oxygen atoms in total. The van der Waals surface area contributed by atoms with Crippen LogP contribution in [0.3, 0.4) is 0 Å². The molecule has 0 spiro atoms. The molecule has 4 heterocycles. The van der Waals surface area contributed by atoms with Gasteiger partial charge in [-0.1, -0.05) is 6.07 Å². The Kier molecular flexibility index (Phi) is 4.82. The molecule has 8 heteroatoms. The first-order valence-electron chi connectivity index (χ1n) is 9.23. The van der Waals surface area contributed by atoms with Crippen LogP contribution in [0, 0.1) is 0 Å². The van der Waals surface area contributed by atoms with Crippen molar-refractivity contribution in [3.63, 3.8) is 0 Å². The highest BCUT2D eigenvalue weighted by Crippen LogP contribution is 2.26. The molecule has 142 valence electrons. The summed E-state index contributed by atoms with van der Waals surface area (Å²) in [5.74, 6) is 0.955. The molecule has 0 saturated carbocycles. The lowest BCUT2D eigenvalue weighted by Crippen LogP contribution is -2.40. The van der Waals surface area contributed by atoms with Gasteiger partial charge in [-0.2, -0.15) is 0 Å². The first kappa shape index (κ1) is 17.9. The van der Waals surface area contributed by atoms with Crippen molar-refractivity contribution in [2.45, 2.75) is 38.6 Å². The van der Waals surface area contributed by atoms with Gasteiger partial charge in [0.2, 0.25) is 5.91 Å². The molecule has 1 fully saturated rings. The Hall–Kier alpha value is -2.48. The number of thiophene rings is 1. The highest BCUT2D eigenvalue weighted by molar-refractivity contribution is 7.12. The van der Waals surface area contributed by atoms with E-state index < -0.39 is 0 Å². The van der Waals surface area contributed by atoms with Crippen molar-refractivity contribution in [3.8, 4) is 0 Å². The fourth-order valence-electron chi connectivity index (χ4n) is 3.83. The summed E-state index contributed by atoms with van der Waals surface area (Å²) in [7, 11) is 0. The van der Waals surface area contributed by atoms with Gasteiger partial charge < -0.3 is 14.8 Å². The van der Waals surface area contributed by atoms with Gasteiger partial charge in [-0.3, -0.25) is 14.4 Å². The molecule has 0 bridgehead atoms. The summed E-state index contributed by atoms with van der Waals surface area (Å²) >= 11 is 1.41. The second kappa shape index (κ2) is 7.26. The van der Waals surface area contributed by atoms with Gasteiger partial charge in [0.05, 0.1) is 22.7 Å². The molecule has 4 rings (SSSR count). The van der Waals surface area contributed by atoms with Crippen LogP contribution < -0.4 is 5.56 Å². The zero-order valence-electron chi connectivity index (χ0n) is 15.2. The Morgan fingerprint density at radius 1 is 1.22 bits per heavy atom. The van der Waals surface area contributed by atoms with Crippen LogP contribution in [-0.2, 0) is 17.8 Å². The van der Waals surface area contributed by atoms with Crippen LogP contribution >= 0.6 is 11.3 Å². The van der Waals surface area contributed by atoms with E-state index in [1.807, 2.05) is 22.4 Å². The number of amides is 2. The predicted octanol–water partition coefficient (Wildman–Crippen LogP) is 1.76. The molecule has 2 aliphatic heterocycles. The SMILES string of the molecule is CC(=O)N1CCC(c2nc3c(c(=O)[nH]2)CN(C(=O)c2cccs2)CC3)CC1. The molecule has 1 N–H and O–H groups in total. The molecule has 2 aliphatic rings. The van der Waals surface area contributed by atoms with Crippen molar-refractivity contribution in [2.24, 2.45) is 0 Å². The lowest BCUT2D eigenvalue weighted by molar-refractivity contribution is -0.129. The Bertz CT molecular complexity index is 914. The maximum Gasteiger partial charge on any atom is 0.264 e. The number of aromatic amines is 1. The van der Waals surface area contributed by atoms with E-state index in [-0.39, 0.29) is 23.3 Å². The number of rotatable bonds is 2. The van der Waals surface area contributed by atoms with E-state index >= 15 is 0 Å². The number of hydrogen-bond donors (Lipinski definition) is 1. The average Bonchev–Trinajstić information content (AvgIpc) is 3.22. The number of carbonyl (C=O) groups is 2. The maximum atomic E-state index is 12.7. The first-order valence-corrected chi connectivity index (χ1v) is 10.1. The van der Waals surface area contributed by atoms with Crippen molar-refractivity contribution < 1.29 is 9.59 Å². The number of nitrogens with zero attached hydrogens (tertiary/aromatic N) is 3. The van der Waals surface area contributed by atoms with E-state index in [1.165, 1.54) is 11.3 Å². The summed E-state index contributed by atoms with van der Waals surface area (Å²) in [6, 6.07) is 3.66. The fraction of sp³-hybridized carbons (Fsp3) is 0.474. The van der Waals surface area contributed by atoms with Gasteiger partial charge in [-0.05, 0) is 24.3 Å². The number of carbonyl (C=O) groups excluding carboxylic acids is 2. The molecule has 2 aromatic heterocycles. The van der Waals surface area contributed by atoms with Gasteiger partial charge >= 0.3 is 0 Å². The molecule has 0 unspecified atom stereocenters. The second-order valence-electron chi connectivity index (χ2n) is 7.11. The lowest BCUT2D eigenvalue weighted by Gasteiger charge is -2.32. The van der Waals surface area contributed by atoms with Gasteiger partial charge in [0, 0.05) is 38.9 Å². The molecule has 0 aliphatic carbocycles. The van der Waals surface area contributed by atoms with E-state index in [0.717, 1.165) is 24.4 Å². The van der Waals surface area contributed by atoms with Crippen LogP contribution in [0.15, 0.2) is 22.3 Å². The smallest absolute Gasteiger partial charge is 0.264 e. The number of nitrogens with one attached hydrogen (secondary N) is 1. The number of hydrogen-bond acceptors (Lipinski definition) is 5. The fourth-order valence-corrected chi connectivity index (χ4v) is 4.53. The molecule has 2 aromatic rings. The third-order valence-corrected chi connectivity index (χ3v) is 6.29. The topological polar surface area (TPSA) is 86.4 Å². The maximum absolute atomic E-state index is 12.7. The molecule has 2 amide bonds. The second-order valence-corrected chi connectivity index (χ2v) is 8.06. The van der Waals surface area contributed by atoms with Crippen LogP contribution in [0.4, 0.5) is 0 Å². The van der Waals surface area contributed by atoms with Crippen molar-refractivity contribution in [1.82, 2.24) is 19.8 Å². The van der Waals surface area contributed by atoms with Gasteiger partial charge in [0.15, 0.2) is 0 Å². The zero-order valence-corrected chi connectivity index (χ0v) is 16.1. The summed E-state index contributed by atoms with van der Waals surface area (Å²) in [6.07, 6.45) is 2.21. The number of aromatic nitrogens is 2. The predicted molar refractivity (Wildman–Crippen MR) is 102 cm³/mol. The molecular weight excluding hydrogens is 364 g/mol. The van der Waals surface area contributed by atoms with Crippen LogP contribution in [0.2, 0.25) is 0 Å². The van der Waals surface area contributed by atoms with E-state index in [2.05, 4.69) is 4.98 Å². The third kappa shape index (κ3) is 3.53. The van der Waals surface area contributed by atoms with Crippen LogP contribution in [0.5, 0.6) is 0 Å². The molecule has 0 radical (unpaired) electrons. The Balaban J connectivity index is 1.51. The highest BCUT2D eigenvalue weighted by atomic mass is 32.1. The summed E-state index contributed by atoms with van der Waals surface area (Å²) in [4.78, 5) is 48.6. The quantitative estimate of drug-likeness (QED) is 0.852. The Labute approximate surface area is 161 Å². The van der Waals surface area contributed by atoms with E-state index in [1.54, 1.807) is 11.8 Å². The van der Waals surface area contributed by atoms with Crippen molar-refractivity contribution in [2.75, 3.05) is 19.6 Å². The van der Waals surface area contributed by atoms with Crippen LogP contribution in [0.1, 0.15) is 52.4 Å². The molecule has 27 heavy (non-hydrogen) atoms. The standard InChI is InChI=1S/C19H22N4O3S/c1-12(24)22-7-4-13(5-8-22)17-20-15-6-9-23(11-14(15)18(25)21-17)19(26)16-3-2-10-27-16/h2-3,10,13H,4-9,11H2,1H3,(H,20,21,25). The highest BCUT2D eigenvalue weighted by Gasteiger charge is 2.28. The van der Waals surface area contributed by atoms with E-state index in [4.69, 9.17) is 4.98 Å². The Morgan fingerprint density at radius 2 is 2.00 bits per heavy atom. The molecule has 1 saturated heterocycles. The number of H-pyrrole nitrogens is 1. The summed E-state index contributed by atoms with van der Waals surface area (Å²) < 4.78 is 0. The van der Waals surface area contributed by atoms with Crippen molar-refractivity contribution >= 4 is 23.2 Å². The zero-order chi connectivity index (χ0) is 19.0. The minimum Gasteiger partial charge on any atom is -0.343 e. The number of piperidine rings is 1. The van der Waals surface area contributed by atoms with Gasteiger partial charge in [0.25, 0.3) is 11.5 Å². The summed E-state index contributed by atoms with van der Waals surface area (Å²) in [5, 5.41) is 1.88. The summed E-state index contributed by atoms with van der Waals surface area (Å²) in [6.45, 7) is 3.86. The van der Waals surface area contributed by atoms with E-state index in [0.29, 0.717) is 43.0 Å². The molecule has 0 aromatic carbocycles. The Morgan fingerprint density at radius 3 is 2.67 bits per heavy atom. The minimum atomic E-state index is -0.146. The lowest BCUT2D eigenvalue weighted by atomic mass is 9.95. The first-order chi connectivity index (χ1) is 13.0. The van der Waals surface area contributed by atoms with Crippen LogP contribution in [0.25, 0.3) is 0 Å². The number of fused-ring (bicyclic) bond motifs is 1. The third-order valence-electron chi connectivity index (χ3n) is 5.43. The number of likely N-dealkylation sites (tertiary alicyclic amines) is 1. The van der Waals surface area contributed by atoms with Gasteiger partial charge in [-0.15, -0.1) is 11.3 Å². The summed E-state index contributed by atoms with van der Waals surface area (Å²) in [5.41, 5.74) is 1.25. The van der Waals surface area contributed by atoms with Crippen LogP contribution in [-0.4, -0.2) is 51.2 Å². The molecule has 0 atom stereocenters. The van der Waals surface area contributed by atoms with Crippen molar-refractivity contribution in [1.29, 1.82) is 0 Å². The van der Waals surface area contributed by atoms with Gasteiger partial charge in [0.1, 0.15) is 5.82 Å². The normalized spacial score (nSPS) is 17.7. The van der Waals surface area contributed by atoms with E-state index in [9.17, 15) is 14.4 Å². The minimum absolute atomic E-state index is 0.0317. The largest absolute Gasteiger partial charge is 0.343 e.